The molecule has 5 rings (SSSR count). The molecule has 1 aromatic heterocycles. The van der Waals surface area contributed by atoms with Gasteiger partial charge in [0, 0.05) is 26.8 Å². The summed E-state index contributed by atoms with van der Waals surface area (Å²) in [5.74, 6) is -0.349. The third-order valence-electron chi connectivity index (χ3n) is 5.24. The topological polar surface area (TPSA) is 72.5 Å². The van der Waals surface area contributed by atoms with E-state index < -0.39 is 5.91 Å². The van der Waals surface area contributed by atoms with Gasteiger partial charge in [-0.25, -0.2) is 0 Å². The van der Waals surface area contributed by atoms with E-state index in [4.69, 9.17) is 16.3 Å². The Morgan fingerprint density at radius 2 is 1.65 bits per heavy atom. The van der Waals surface area contributed by atoms with Gasteiger partial charge in [-0.3, -0.25) is 14.4 Å². The fourth-order valence-electron chi connectivity index (χ4n) is 3.75. The number of benzene rings is 3. The minimum Gasteiger partial charge on any atom is -0.497 e. The van der Waals surface area contributed by atoms with Gasteiger partial charge in [0.25, 0.3) is 5.91 Å². The third kappa shape index (κ3) is 3.03. The van der Waals surface area contributed by atoms with Gasteiger partial charge in [0.2, 0.25) is 0 Å². The zero-order chi connectivity index (χ0) is 21.7. The Labute approximate surface area is 186 Å². The summed E-state index contributed by atoms with van der Waals surface area (Å²) < 4.78 is 6.07. The van der Waals surface area contributed by atoms with Crippen molar-refractivity contribution in [3.63, 3.8) is 0 Å². The first-order valence-electron chi connectivity index (χ1n) is 9.38. The van der Waals surface area contributed by atoms with Crippen LogP contribution in [0.5, 0.6) is 5.75 Å². The Hall–Kier alpha value is -3.48. The molecule has 152 valence electrons. The molecule has 0 spiro atoms. The van der Waals surface area contributed by atoms with Crippen molar-refractivity contribution in [2.75, 3.05) is 12.4 Å². The molecule has 0 radical (unpaired) electrons. The van der Waals surface area contributed by atoms with Crippen molar-refractivity contribution in [1.29, 1.82) is 0 Å². The lowest BCUT2D eigenvalue weighted by molar-refractivity contribution is 0.0978. The van der Waals surface area contributed by atoms with Gasteiger partial charge in [-0.05, 0) is 24.3 Å². The van der Waals surface area contributed by atoms with Gasteiger partial charge in [-0.15, -0.1) is 11.3 Å². The van der Waals surface area contributed by atoms with E-state index in [1.165, 1.54) is 11.3 Å². The van der Waals surface area contributed by atoms with Crippen LogP contribution in [0.2, 0.25) is 5.02 Å². The molecule has 0 saturated carbocycles. The molecule has 0 atom stereocenters. The molecule has 1 aliphatic carbocycles. The molecule has 4 aromatic rings. The van der Waals surface area contributed by atoms with Gasteiger partial charge < -0.3 is 10.1 Å². The predicted octanol–water partition coefficient (Wildman–Crippen LogP) is 5.59. The van der Waals surface area contributed by atoms with Crippen LogP contribution < -0.4 is 10.1 Å². The maximum Gasteiger partial charge on any atom is 0.267 e. The zero-order valence-corrected chi connectivity index (χ0v) is 17.8. The number of carbonyl (C=O) groups excluding carboxylic acids is 3. The van der Waals surface area contributed by atoms with Crippen molar-refractivity contribution < 1.29 is 19.1 Å². The number of anilines is 1. The van der Waals surface area contributed by atoms with Crippen LogP contribution in [0.3, 0.4) is 0 Å². The van der Waals surface area contributed by atoms with Crippen LogP contribution in [0.25, 0.3) is 10.1 Å². The molecule has 0 bridgehead atoms. The first kappa shape index (κ1) is 19.5. The predicted molar refractivity (Wildman–Crippen MR) is 121 cm³/mol. The van der Waals surface area contributed by atoms with Crippen molar-refractivity contribution in [3.05, 3.63) is 92.8 Å². The van der Waals surface area contributed by atoms with E-state index in [0.717, 1.165) is 4.70 Å². The first-order valence-corrected chi connectivity index (χ1v) is 10.6. The number of ether oxygens (including phenoxy) is 1. The SMILES string of the molecule is COc1ccc2sc(C(=O)Nc3cccc4c3C(=O)c3ccccc3C4=O)c(Cl)c2c1. The molecule has 1 amide bonds. The Balaban J connectivity index is 1.56. The Morgan fingerprint density at radius 1 is 0.935 bits per heavy atom. The molecule has 0 saturated heterocycles. The maximum atomic E-state index is 13.1. The number of thiophene rings is 1. The summed E-state index contributed by atoms with van der Waals surface area (Å²) in [6.45, 7) is 0. The number of amides is 1. The lowest BCUT2D eigenvalue weighted by Crippen LogP contribution is -2.23. The van der Waals surface area contributed by atoms with Crippen molar-refractivity contribution in [3.8, 4) is 5.75 Å². The van der Waals surface area contributed by atoms with Crippen LogP contribution in [0, 0.1) is 0 Å². The summed E-state index contributed by atoms with van der Waals surface area (Å²) in [6.07, 6.45) is 0. The normalized spacial score (nSPS) is 12.5. The molecule has 5 nitrogen and oxygen atoms in total. The lowest BCUT2D eigenvalue weighted by Gasteiger charge is -2.20. The molecule has 1 heterocycles. The minimum atomic E-state index is -0.447. The number of hydrogen-bond donors (Lipinski definition) is 1. The molecule has 3 aromatic carbocycles. The summed E-state index contributed by atoms with van der Waals surface area (Å²) in [5.41, 5.74) is 1.44. The number of hydrogen-bond acceptors (Lipinski definition) is 5. The average molecular weight is 448 g/mol. The molecule has 0 fully saturated rings. The summed E-state index contributed by atoms with van der Waals surface area (Å²) in [5, 5.41) is 3.81. The van der Waals surface area contributed by atoms with E-state index in [0.29, 0.717) is 32.2 Å². The van der Waals surface area contributed by atoms with E-state index >= 15 is 0 Å². The van der Waals surface area contributed by atoms with Crippen LogP contribution in [-0.2, 0) is 0 Å². The summed E-state index contributed by atoms with van der Waals surface area (Å²) in [4.78, 5) is 39.4. The molecule has 1 N–H and O–H groups in total. The van der Waals surface area contributed by atoms with E-state index in [2.05, 4.69) is 5.32 Å². The standard InChI is InChI=1S/C24H14ClNO4S/c1-30-12-9-10-18-16(11-12)20(25)23(31-18)24(29)26-17-8-4-7-15-19(17)22(28)14-6-3-2-5-13(14)21(15)27/h2-11H,1H3,(H,26,29). The monoisotopic (exact) mass is 447 g/mol. The van der Waals surface area contributed by atoms with E-state index in [-0.39, 0.29) is 28.4 Å². The number of carbonyl (C=O) groups is 3. The molecule has 31 heavy (non-hydrogen) atoms. The summed E-state index contributed by atoms with van der Waals surface area (Å²) in [7, 11) is 1.56. The molecular formula is C24H14ClNO4S. The first-order chi connectivity index (χ1) is 15.0. The summed E-state index contributed by atoms with van der Waals surface area (Å²) in [6, 6.07) is 16.9. The highest BCUT2D eigenvalue weighted by Gasteiger charge is 2.32. The zero-order valence-electron chi connectivity index (χ0n) is 16.2. The van der Waals surface area contributed by atoms with Gasteiger partial charge in [0.05, 0.1) is 23.4 Å². The van der Waals surface area contributed by atoms with Gasteiger partial charge in [-0.1, -0.05) is 48.0 Å². The molecule has 0 aliphatic heterocycles. The van der Waals surface area contributed by atoms with Crippen LogP contribution in [0.15, 0.2) is 60.7 Å². The minimum absolute atomic E-state index is 0.193. The van der Waals surface area contributed by atoms with E-state index in [9.17, 15) is 14.4 Å². The van der Waals surface area contributed by atoms with Gasteiger partial charge in [0.1, 0.15) is 10.6 Å². The van der Waals surface area contributed by atoms with E-state index in [1.54, 1.807) is 61.7 Å². The second kappa shape index (κ2) is 7.34. The maximum absolute atomic E-state index is 13.1. The Bertz CT molecular complexity index is 1420. The Kier molecular flexibility index (Phi) is 4.61. The molecular weight excluding hydrogens is 434 g/mol. The largest absolute Gasteiger partial charge is 0.497 e. The molecule has 0 unspecified atom stereocenters. The van der Waals surface area contributed by atoms with Gasteiger partial charge in [-0.2, -0.15) is 0 Å². The van der Waals surface area contributed by atoms with E-state index in [1.807, 2.05) is 6.07 Å². The number of ketones is 2. The van der Waals surface area contributed by atoms with Crippen LogP contribution in [0.4, 0.5) is 5.69 Å². The second-order valence-electron chi connectivity index (χ2n) is 6.99. The lowest BCUT2D eigenvalue weighted by atomic mass is 9.83. The van der Waals surface area contributed by atoms with Crippen molar-refractivity contribution in [2.45, 2.75) is 0 Å². The quantitative estimate of drug-likeness (QED) is 0.391. The highest BCUT2D eigenvalue weighted by Crippen LogP contribution is 2.38. The fourth-order valence-corrected chi connectivity index (χ4v) is 5.13. The van der Waals surface area contributed by atoms with Crippen molar-refractivity contribution in [1.82, 2.24) is 0 Å². The molecule has 7 heteroatoms. The number of halogens is 1. The third-order valence-corrected chi connectivity index (χ3v) is 6.92. The average Bonchev–Trinajstić information content (AvgIpc) is 3.13. The number of rotatable bonds is 3. The van der Waals surface area contributed by atoms with Gasteiger partial charge in [0.15, 0.2) is 11.6 Å². The number of nitrogens with one attached hydrogen (secondary N) is 1. The highest BCUT2D eigenvalue weighted by atomic mass is 35.5. The smallest absolute Gasteiger partial charge is 0.267 e. The second-order valence-corrected chi connectivity index (χ2v) is 8.42. The van der Waals surface area contributed by atoms with Gasteiger partial charge >= 0.3 is 0 Å². The number of methoxy groups -OCH3 is 1. The van der Waals surface area contributed by atoms with Crippen molar-refractivity contribution in [2.24, 2.45) is 0 Å². The Morgan fingerprint density at radius 3 is 2.39 bits per heavy atom. The van der Waals surface area contributed by atoms with Crippen LogP contribution >= 0.6 is 22.9 Å². The van der Waals surface area contributed by atoms with Crippen LogP contribution in [0.1, 0.15) is 41.5 Å². The van der Waals surface area contributed by atoms with Crippen molar-refractivity contribution >= 4 is 56.2 Å². The molecule has 1 aliphatic rings. The van der Waals surface area contributed by atoms with Crippen LogP contribution in [-0.4, -0.2) is 24.6 Å². The fraction of sp³-hybridized carbons (Fsp3) is 0.0417. The number of fused-ring (bicyclic) bond motifs is 3. The summed E-state index contributed by atoms with van der Waals surface area (Å²) >= 11 is 7.73. The highest BCUT2D eigenvalue weighted by molar-refractivity contribution is 7.21.